The highest BCUT2D eigenvalue weighted by Crippen LogP contribution is 2.41. The lowest BCUT2D eigenvalue weighted by molar-refractivity contribution is 0.528. The van der Waals surface area contributed by atoms with Gasteiger partial charge < -0.3 is 4.42 Å². The summed E-state index contributed by atoms with van der Waals surface area (Å²) in [5.41, 5.74) is 2.38. The van der Waals surface area contributed by atoms with E-state index in [2.05, 4.69) is 15.2 Å². The van der Waals surface area contributed by atoms with Crippen molar-refractivity contribution in [1.29, 1.82) is 0 Å². The molecule has 0 bridgehead atoms. The second-order valence-corrected chi connectivity index (χ2v) is 8.32. The Morgan fingerprint density at radius 3 is 2.88 bits per heavy atom. The van der Waals surface area contributed by atoms with Crippen molar-refractivity contribution in [2.45, 2.75) is 37.0 Å². The monoisotopic (exact) mass is 380 g/mol. The Morgan fingerprint density at radius 2 is 2.00 bits per heavy atom. The minimum Gasteiger partial charge on any atom is -0.420 e. The Morgan fingerprint density at radius 1 is 1.12 bits per heavy atom. The van der Waals surface area contributed by atoms with Crippen molar-refractivity contribution in [3.63, 3.8) is 0 Å². The third-order valence-electron chi connectivity index (χ3n) is 4.46. The molecule has 1 aliphatic carbocycles. The molecule has 0 fully saturated rings. The summed E-state index contributed by atoms with van der Waals surface area (Å²) in [6, 6.07) is 9.84. The van der Waals surface area contributed by atoms with Crippen LogP contribution in [0.15, 0.2) is 39.8 Å². The van der Waals surface area contributed by atoms with Gasteiger partial charge in [0.15, 0.2) is 0 Å². The van der Waals surface area contributed by atoms with Gasteiger partial charge in [-0.2, -0.15) is 0 Å². The fourth-order valence-electron chi connectivity index (χ4n) is 3.31. The predicted octanol–water partition coefficient (Wildman–Crippen LogP) is 4.83. The van der Waals surface area contributed by atoms with Gasteiger partial charge in [-0.25, -0.2) is 9.97 Å². The number of nitrogens with zero attached hydrogens (tertiary/aromatic N) is 4. The molecule has 0 atom stereocenters. The van der Waals surface area contributed by atoms with Gasteiger partial charge in [0.05, 0.1) is 5.75 Å². The summed E-state index contributed by atoms with van der Waals surface area (Å²) in [7, 11) is 0. The van der Waals surface area contributed by atoms with Crippen LogP contribution in [0.3, 0.4) is 0 Å². The van der Waals surface area contributed by atoms with E-state index in [9.17, 15) is 0 Å². The Kier molecular flexibility index (Phi) is 3.98. The first-order valence-electron chi connectivity index (χ1n) is 8.57. The normalized spacial score (nSPS) is 13.4. The summed E-state index contributed by atoms with van der Waals surface area (Å²) < 4.78 is 5.82. The minimum atomic E-state index is 0.557. The van der Waals surface area contributed by atoms with Gasteiger partial charge in [0, 0.05) is 15.8 Å². The molecule has 26 heavy (non-hydrogen) atoms. The molecule has 3 heterocycles. The number of benzene rings is 1. The fraction of sp³-hybridized carbons (Fsp3) is 0.263. The number of aromatic nitrogens is 4. The molecule has 1 aliphatic rings. The van der Waals surface area contributed by atoms with Crippen molar-refractivity contribution < 1.29 is 4.42 Å². The zero-order valence-electron chi connectivity index (χ0n) is 14.2. The maximum atomic E-state index is 5.82. The number of thiophene rings is 1. The molecule has 0 N–H and O–H groups in total. The van der Waals surface area contributed by atoms with Crippen molar-refractivity contribution in [2.75, 3.05) is 0 Å². The Labute approximate surface area is 158 Å². The van der Waals surface area contributed by atoms with Gasteiger partial charge in [0.25, 0.3) is 0 Å². The quantitative estimate of drug-likeness (QED) is 0.373. The first kappa shape index (κ1) is 16.0. The lowest BCUT2D eigenvalue weighted by Crippen LogP contribution is -1.93. The van der Waals surface area contributed by atoms with Crippen molar-refractivity contribution in [3.8, 4) is 11.5 Å². The first-order valence-corrected chi connectivity index (χ1v) is 10.4. The predicted molar refractivity (Wildman–Crippen MR) is 103 cm³/mol. The van der Waals surface area contributed by atoms with Gasteiger partial charge in [-0.3, -0.25) is 0 Å². The van der Waals surface area contributed by atoms with Crippen LogP contribution in [0.5, 0.6) is 0 Å². The van der Waals surface area contributed by atoms with Crippen LogP contribution in [0.4, 0.5) is 0 Å². The number of fused-ring (bicyclic) bond motifs is 3. The molecule has 1 aromatic carbocycles. The summed E-state index contributed by atoms with van der Waals surface area (Å²) in [5, 5.41) is 10.6. The second-order valence-electron chi connectivity index (χ2n) is 6.27. The van der Waals surface area contributed by atoms with Crippen molar-refractivity contribution >= 4 is 33.3 Å². The maximum absolute atomic E-state index is 5.82. The van der Waals surface area contributed by atoms with Crippen molar-refractivity contribution in [2.24, 2.45) is 0 Å². The van der Waals surface area contributed by atoms with E-state index in [0.717, 1.165) is 27.7 Å². The average Bonchev–Trinajstić information content (AvgIpc) is 3.36. The van der Waals surface area contributed by atoms with Gasteiger partial charge in [-0.15, -0.1) is 21.5 Å². The summed E-state index contributed by atoms with van der Waals surface area (Å²) in [6.45, 7) is 1.95. The number of rotatable bonds is 4. The zero-order chi connectivity index (χ0) is 17.5. The lowest BCUT2D eigenvalue weighted by atomic mass is 10.2. The standard InChI is InChI=1S/C19H16N4OS2/c1-11-20-18(16-13-8-5-9-14(13)26-19(16)21-11)25-10-15-22-23-17(24-15)12-6-3-2-4-7-12/h2-4,6-7H,5,8-10H2,1H3. The highest BCUT2D eigenvalue weighted by Gasteiger charge is 2.22. The Bertz CT molecular complexity index is 1090. The van der Waals surface area contributed by atoms with Gasteiger partial charge >= 0.3 is 0 Å². The largest absolute Gasteiger partial charge is 0.420 e. The van der Waals surface area contributed by atoms with E-state index < -0.39 is 0 Å². The van der Waals surface area contributed by atoms with E-state index in [1.54, 1.807) is 11.8 Å². The molecular formula is C19H16N4OS2. The molecule has 0 radical (unpaired) electrons. The highest BCUT2D eigenvalue weighted by atomic mass is 32.2. The number of aryl methyl sites for hydroxylation is 3. The number of thioether (sulfide) groups is 1. The minimum absolute atomic E-state index is 0.557. The van der Waals surface area contributed by atoms with E-state index in [4.69, 9.17) is 9.40 Å². The van der Waals surface area contributed by atoms with Crippen LogP contribution in [0.1, 0.15) is 28.6 Å². The van der Waals surface area contributed by atoms with E-state index in [1.807, 2.05) is 48.6 Å². The van der Waals surface area contributed by atoms with Crippen LogP contribution in [0.25, 0.3) is 21.7 Å². The lowest BCUT2D eigenvalue weighted by Gasteiger charge is -2.04. The van der Waals surface area contributed by atoms with Crippen LogP contribution in [-0.4, -0.2) is 20.2 Å². The molecule has 130 valence electrons. The average molecular weight is 380 g/mol. The SMILES string of the molecule is Cc1nc(SCc2nnc(-c3ccccc3)o2)c2c3c(sc2n1)CCC3. The molecule has 5 rings (SSSR count). The van der Waals surface area contributed by atoms with Gasteiger partial charge in [0.2, 0.25) is 11.8 Å². The Hall–Kier alpha value is -2.25. The topological polar surface area (TPSA) is 64.7 Å². The second kappa shape index (κ2) is 6.48. The van der Waals surface area contributed by atoms with Crippen LogP contribution >= 0.6 is 23.1 Å². The third kappa shape index (κ3) is 2.81. The smallest absolute Gasteiger partial charge is 0.247 e. The summed E-state index contributed by atoms with van der Waals surface area (Å²) >= 11 is 3.48. The molecule has 4 aromatic rings. The van der Waals surface area contributed by atoms with Crippen molar-refractivity contribution in [1.82, 2.24) is 20.2 Å². The zero-order valence-corrected chi connectivity index (χ0v) is 15.9. The molecule has 0 amide bonds. The molecule has 0 saturated heterocycles. The summed E-state index contributed by atoms with van der Waals surface area (Å²) in [5.74, 6) is 2.60. The molecule has 0 spiro atoms. The molecule has 7 heteroatoms. The molecular weight excluding hydrogens is 364 g/mol. The van der Waals surface area contributed by atoms with Crippen LogP contribution in [0.2, 0.25) is 0 Å². The highest BCUT2D eigenvalue weighted by molar-refractivity contribution is 7.98. The summed E-state index contributed by atoms with van der Waals surface area (Å²) in [6.07, 6.45) is 3.54. The fourth-order valence-corrected chi connectivity index (χ4v) is 5.62. The van der Waals surface area contributed by atoms with E-state index in [-0.39, 0.29) is 0 Å². The third-order valence-corrected chi connectivity index (χ3v) is 6.61. The summed E-state index contributed by atoms with van der Waals surface area (Å²) in [4.78, 5) is 11.9. The van der Waals surface area contributed by atoms with Gasteiger partial charge in [-0.05, 0) is 43.9 Å². The molecule has 0 unspecified atom stereocenters. The van der Waals surface area contributed by atoms with E-state index in [0.29, 0.717) is 17.5 Å². The number of hydrogen-bond donors (Lipinski definition) is 0. The van der Waals surface area contributed by atoms with Gasteiger partial charge in [0.1, 0.15) is 15.7 Å². The number of hydrogen-bond acceptors (Lipinski definition) is 7. The molecule has 3 aromatic heterocycles. The molecule has 5 nitrogen and oxygen atoms in total. The molecule has 0 aliphatic heterocycles. The van der Waals surface area contributed by atoms with Crippen LogP contribution in [0, 0.1) is 6.92 Å². The molecule has 0 saturated carbocycles. The maximum Gasteiger partial charge on any atom is 0.247 e. The van der Waals surface area contributed by atoms with Crippen molar-refractivity contribution in [3.05, 3.63) is 52.5 Å². The van der Waals surface area contributed by atoms with E-state index >= 15 is 0 Å². The van der Waals surface area contributed by atoms with Crippen LogP contribution < -0.4 is 0 Å². The first-order chi connectivity index (χ1) is 12.8. The van der Waals surface area contributed by atoms with Gasteiger partial charge in [-0.1, -0.05) is 30.0 Å². The Balaban J connectivity index is 1.43. The van der Waals surface area contributed by atoms with Crippen LogP contribution in [-0.2, 0) is 18.6 Å². The van der Waals surface area contributed by atoms with E-state index in [1.165, 1.54) is 28.7 Å².